The molecule has 110 valence electrons. The summed E-state index contributed by atoms with van der Waals surface area (Å²) in [5.74, 6) is -0.159. The van der Waals surface area contributed by atoms with Gasteiger partial charge < -0.3 is 5.73 Å². The molecule has 0 spiro atoms. The zero-order valence-corrected chi connectivity index (χ0v) is 12.6. The van der Waals surface area contributed by atoms with E-state index in [1.165, 1.54) is 19.3 Å². The lowest BCUT2D eigenvalue weighted by atomic mass is 9.77. The summed E-state index contributed by atoms with van der Waals surface area (Å²) in [5, 5.41) is 3.61. The van der Waals surface area contributed by atoms with Crippen molar-refractivity contribution >= 4 is 5.91 Å². The zero-order valence-electron chi connectivity index (χ0n) is 12.6. The van der Waals surface area contributed by atoms with Gasteiger partial charge in [-0.25, -0.2) is 0 Å². The zero-order chi connectivity index (χ0) is 14.6. The summed E-state index contributed by atoms with van der Waals surface area (Å²) in [6, 6.07) is 10.3. The minimum absolute atomic E-state index is 0.115. The predicted octanol–water partition coefficient (Wildman–Crippen LogP) is 2.95. The van der Waals surface area contributed by atoms with Gasteiger partial charge in [-0.2, -0.15) is 0 Å². The fraction of sp³-hybridized carbons (Fsp3) is 0.588. The van der Waals surface area contributed by atoms with Crippen LogP contribution in [-0.4, -0.2) is 11.9 Å². The highest BCUT2D eigenvalue weighted by molar-refractivity contribution is 5.86. The standard InChI is InChI=1S/C17H26N2O/c1-13(2)17(16(18)20,14-9-5-3-6-10-14)19-15-11-7-4-8-12-15/h3,5-6,9-10,13,15,19H,4,7-8,11-12H2,1-2H3,(H2,18,20). The first-order valence-corrected chi connectivity index (χ1v) is 7.70. The van der Waals surface area contributed by atoms with Gasteiger partial charge >= 0.3 is 0 Å². The van der Waals surface area contributed by atoms with E-state index in [0.29, 0.717) is 6.04 Å². The Bertz CT molecular complexity index is 438. The molecule has 3 N–H and O–H groups in total. The molecular weight excluding hydrogens is 248 g/mol. The number of nitrogens with one attached hydrogen (secondary N) is 1. The van der Waals surface area contributed by atoms with Crippen LogP contribution in [-0.2, 0) is 10.3 Å². The molecule has 3 nitrogen and oxygen atoms in total. The third-order valence-electron chi connectivity index (χ3n) is 4.52. The van der Waals surface area contributed by atoms with Crippen molar-refractivity contribution in [1.82, 2.24) is 5.32 Å². The molecule has 1 saturated carbocycles. The maximum atomic E-state index is 12.3. The number of primary amides is 1. The maximum Gasteiger partial charge on any atom is 0.242 e. The average Bonchev–Trinajstić information content (AvgIpc) is 2.46. The van der Waals surface area contributed by atoms with Crippen LogP contribution in [0.2, 0.25) is 0 Å². The molecule has 1 aliphatic rings. The Kier molecular flexibility index (Phi) is 4.81. The Labute approximate surface area is 121 Å². The minimum Gasteiger partial charge on any atom is -0.368 e. The second-order valence-electron chi connectivity index (χ2n) is 6.17. The summed E-state index contributed by atoms with van der Waals surface area (Å²) < 4.78 is 0. The number of hydrogen-bond donors (Lipinski definition) is 2. The molecule has 1 atom stereocenters. The summed E-state index contributed by atoms with van der Waals surface area (Å²) in [7, 11) is 0. The molecule has 0 radical (unpaired) electrons. The Balaban J connectivity index is 2.34. The highest BCUT2D eigenvalue weighted by atomic mass is 16.1. The summed E-state index contributed by atoms with van der Waals surface area (Å²) in [6.45, 7) is 4.13. The van der Waals surface area contributed by atoms with E-state index in [1.54, 1.807) is 0 Å². The van der Waals surface area contributed by atoms with Crippen LogP contribution in [0.5, 0.6) is 0 Å². The molecular formula is C17H26N2O. The molecule has 0 aromatic heterocycles. The number of rotatable bonds is 5. The number of amides is 1. The second kappa shape index (κ2) is 6.40. The van der Waals surface area contributed by atoms with Crippen molar-refractivity contribution in [2.24, 2.45) is 11.7 Å². The quantitative estimate of drug-likeness (QED) is 0.867. The van der Waals surface area contributed by atoms with E-state index in [4.69, 9.17) is 5.73 Å². The topological polar surface area (TPSA) is 55.1 Å². The van der Waals surface area contributed by atoms with Crippen molar-refractivity contribution in [3.05, 3.63) is 35.9 Å². The molecule has 2 rings (SSSR count). The molecule has 0 aliphatic heterocycles. The van der Waals surface area contributed by atoms with Crippen molar-refractivity contribution in [3.8, 4) is 0 Å². The average molecular weight is 274 g/mol. The molecule has 1 fully saturated rings. The normalized spacial score (nSPS) is 19.8. The van der Waals surface area contributed by atoms with Crippen LogP contribution in [0, 0.1) is 5.92 Å². The molecule has 1 amide bonds. The number of benzene rings is 1. The highest BCUT2D eigenvalue weighted by Crippen LogP contribution is 2.32. The molecule has 1 aromatic rings. The van der Waals surface area contributed by atoms with Crippen LogP contribution < -0.4 is 11.1 Å². The van der Waals surface area contributed by atoms with Crippen molar-refractivity contribution in [3.63, 3.8) is 0 Å². The Morgan fingerprint density at radius 1 is 1.20 bits per heavy atom. The summed E-state index contributed by atoms with van der Waals surface area (Å²) >= 11 is 0. The Morgan fingerprint density at radius 2 is 1.80 bits per heavy atom. The summed E-state index contributed by atoms with van der Waals surface area (Å²) in [6.07, 6.45) is 6.04. The van der Waals surface area contributed by atoms with Gasteiger partial charge in [0.25, 0.3) is 0 Å². The van der Waals surface area contributed by atoms with Gasteiger partial charge in [0, 0.05) is 6.04 Å². The van der Waals surface area contributed by atoms with Crippen LogP contribution in [0.25, 0.3) is 0 Å². The van der Waals surface area contributed by atoms with E-state index >= 15 is 0 Å². The van der Waals surface area contributed by atoms with Gasteiger partial charge in [-0.3, -0.25) is 10.1 Å². The second-order valence-corrected chi connectivity index (χ2v) is 6.17. The monoisotopic (exact) mass is 274 g/mol. The third kappa shape index (κ3) is 2.88. The van der Waals surface area contributed by atoms with Gasteiger partial charge in [0.1, 0.15) is 5.54 Å². The van der Waals surface area contributed by atoms with Gasteiger partial charge in [0.05, 0.1) is 0 Å². The smallest absolute Gasteiger partial charge is 0.242 e. The first-order valence-electron chi connectivity index (χ1n) is 7.70. The number of hydrogen-bond acceptors (Lipinski definition) is 2. The molecule has 0 heterocycles. The van der Waals surface area contributed by atoms with Crippen molar-refractivity contribution < 1.29 is 4.79 Å². The lowest BCUT2D eigenvalue weighted by Crippen LogP contribution is -2.59. The van der Waals surface area contributed by atoms with Gasteiger partial charge in [0.15, 0.2) is 0 Å². The molecule has 20 heavy (non-hydrogen) atoms. The van der Waals surface area contributed by atoms with Crippen LogP contribution in [0.4, 0.5) is 0 Å². The van der Waals surface area contributed by atoms with Gasteiger partial charge in [-0.1, -0.05) is 63.4 Å². The van der Waals surface area contributed by atoms with Crippen molar-refractivity contribution in [1.29, 1.82) is 0 Å². The van der Waals surface area contributed by atoms with Crippen LogP contribution >= 0.6 is 0 Å². The van der Waals surface area contributed by atoms with E-state index in [0.717, 1.165) is 18.4 Å². The maximum absolute atomic E-state index is 12.3. The number of carbonyl (C=O) groups is 1. The number of carbonyl (C=O) groups excluding carboxylic acids is 1. The number of nitrogens with two attached hydrogens (primary N) is 1. The molecule has 0 saturated heterocycles. The fourth-order valence-electron chi connectivity index (χ4n) is 3.35. The van der Waals surface area contributed by atoms with Gasteiger partial charge in [0.2, 0.25) is 5.91 Å². The lowest BCUT2D eigenvalue weighted by Gasteiger charge is -2.40. The largest absolute Gasteiger partial charge is 0.368 e. The molecule has 3 heteroatoms. The lowest BCUT2D eigenvalue weighted by molar-refractivity contribution is -0.127. The van der Waals surface area contributed by atoms with E-state index in [2.05, 4.69) is 19.2 Å². The van der Waals surface area contributed by atoms with Crippen LogP contribution in [0.1, 0.15) is 51.5 Å². The predicted molar refractivity (Wildman–Crippen MR) is 82.2 cm³/mol. The third-order valence-corrected chi connectivity index (χ3v) is 4.52. The molecule has 1 unspecified atom stereocenters. The molecule has 1 aromatic carbocycles. The van der Waals surface area contributed by atoms with Gasteiger partial charge in [-0.15, -0.1) is 0 Å². The fourth-order valence-corrected chi connectivity index (χ4v) is 3.35. The SMILES string of the molecule is CC(C)C(NC1CCCCC1)(C(N)=O)c1ccccc1. The highest BCUT2D eigenvalue weighted by Gasteiger charge is 2.43. The van der Waals surface area contributed by atoms with E-state index in [9.17, 15) is 4.79 Å². The van der Waals surface area contributed by atoms with Crippen molar-refractivity contribution in [2.45, 2.75) is 57.5 Å². The minimum atomic E-state index is -0.761. The molecule has 0 bridgehead atoms. The van der Waals surface area contributed by atoms with Crippen LogP contribution in [0.3, 0.4) is 0 Å². The van der Waals surface area contributed by atoms with E-state index in [1.807, 2.05) is 30.3 Å². The van der Waals surface area contributed by atoms with Gasteiger partial charge in [-0.05, 0) is 24.3 Å². The Hall–Kier alpha value is -1.35. The first kappa shape index (κ1) is 15.0. The summed E-state index contributed by atoms with van der Waals surface area (Å²) in [5.41, 5.74) is 6.04. The molecule has 1 aliphatic carbocycles. The van der Waals surface area contributed by atoms with E-state index < -0.39 is 5.54 Å². The summed E-state index contributed by atoms with van der Waals surface area (Å²) in [4.78, 5) is 12.3. The Morgan fingerprint density at radius 3 is 2.30 bits per heavy atom. The van der Waals surface area contributed by atoms with Crippen LogP contribution in [0.15, 0.2) is 30.3 Å². The van der Waals surface area contributed by atoms with Crippen molar-refractivity contribution in [2.75, 3.05) is 0 Å². The van der Waals surface area contributed by atoms with E-state index in [-0.39, 0.29) is 11.8 Å². The first-order chi connectivity index (χ1) is 9.57.